The second-order valence-corrected chi connectivity index (χ2v) is 4.56. The molecule has 0 aromatic carbocycles. The monoisotopic (exact) mass is 246 g/mol. The molecule has 2 aromatic rings. The van der Waals surface area contributed by atoms with E-state index in [1.165, 1.54) is 6.42 Å². The van der Waals surface area contributed by atoms with E-state index >= 15 is 0 Å². The highest BCUT2D eigenvalue weighted by Gasteiger charge is 2.18. The molecule has 1 unspecified atom stereocenters. The molecular weight excluding hydrogens is 232 g/mol. The van der Waals surface area contributed by atoms with Gasteiger partial charge in [0.05, 0.1) is 5.56 Å². The molecule has 1 atom stereocenters. The van der Waals surface area contributed by atoms with Gasteiger partial charge in [0, 0.05) is 18.7 Å². The average Bonchev–Trinajstić information content (AvgIpc) is 2.99. The van der Waals surface area contributed by atoms with Gasteiger partial charge in [-0.3, -0.25) is 4.40 Å². The Balaban J connectivity index is 1.91. The van der Waals surface area contributed by atoms with Crippen molar-refractivity contribution in [2.75, 3.05) is 6.54 Å². The second kappa shape index (κ2) is 4.38. The molecule has 1 fully saturated rings. The molecule has 2 N–H and O–H groups in total. The number of aromatic carboxylic acids is 1. The Labute approximate surface area is 104 Å². The number of nitrogens with zero attached hydrogens (tertiary/aromatic N) is 3. The summed E-state index contributed by atoms with van der Waals surface area (Å²) in [5, 5.41) is 20.5. The zero-order valence-corrected chi connectivity index (χ0v) is 9.83. The highest BCUT2D eigenvalue weighted by atomic mass is 16.4. The lowest BCUT2D eigenvalue weighted by Gasteiger charge is -2.07. The molecular formula is C12H14N4O2. The zero-order valence-electron chi connectivity index (χ0n) is 9.83. The number of hydrogen-bond acceptors (Lipinski definition) is 4. The van der Waals surface area contributed by atoms with Gasteiger partial charge < -0.3 is 10.4 Å². The number of fused-ring (bicyclic) bond motifs is 1. The van der Waals surface area contributed by atoms with E-state index < -0.39 is 5.97 Å². The molecule has 6 heteroatoms. The Morgan fingerprint density at radius 2 is 2.44 bits per heavy atom. The zero-order chi connectivity index (χ0) is 12.5. The van der Waals surface area contributed by atoms with Gasteiger partial charge in [-0.25, -0.2) is 4.79 Å². The Bertz CT molecular complexity index is 587. The van der Waals surface area contributed by atoms with Crippen molar-refractivity contribution >= 4 is 11.6 Å². The molecule has 0 bridgehead atoms. The van der Waals surface area contributed by atoms with Crippen LogP contribution in [0, 0.1) is 0 Å². The van der Waals surface area contributed by atoms with Gasteiger partial charge in [0.2, 0.25) is 0 Å². The maximum atomic E-state index is 10.9. The average molecular weight is 246 g/mol. The van der Waals surface area contributed by atoms with E-state index in [-0.39, 0.29) is 5.56 Å². The number of rotatable bonds is 3. The summed E-state index contributed by atoms with van der Waals surface area (Å²) in [7, 11) is 0. The molecule has 0 spiro atoms. The van der Waals surface area contributed by atoms with Crippen LogP contribution in [-0.4, -0.2) is 38.3 Å². The van der Waals surface area contributed by atoms with Crippen LogP contribution in [-0.2, 0) is 6.42 Å². The predicted molar refractivity (Wildman–Crippen MR) is 64.7 cm³/mol. The minimum absolute atomic E-state index is 0.237. The third kappa shape index (κ3) is 1.95. The Morgan fingerprint density at radius 3 is 3.17 bits per heavy atom. The first-order valence-corrected chi connectivity index (χ1v) is 6.04. The van der Waals surface area contributed by atoms with E-state index in [0.717, 1.165) is 25.2 Å². The molecule has 0 amide bonds. The van der Waals surface area contributed by atoms with E-state index in [0.29, 0.717) is 11.7 Å². The number of hydrogen-bond donors (Lipinski definition) is 2. The minimum atomic E-state index is -0.945. The molecule has 0 saturated carbocycles. The predicted octanol–water partition coefficient (Wildman–Crippen LogP) is 0.722. The topological polar surface area (TPSA) is 79.5 Å². The number of pyridine rings is 1. The maximum absolute atomic E-state index is 10.9. The van der Waals surface area contributed by atoms with Crippen LogP contribution in [0.2, 0.25) is 0 Å². The summed E-state index contributed by atoms with van der Waals surface area (Å²) in [6.45, 7) is 1.06. The quantitative estimate of drug-likeness (QED) is 0.834. The van der Waals surface area contributed by atoms with E-state index in [4.69, 9.17) is 5.11 Å². The highest BCUT2D eigenvalue weighted by Crippen LogP contribution is 2.13. The van der Waals surface area contributed by atoms with Gasteiger partial charge >= 0.3 is 5.97 Å². The molecule has 1 aliphatic rings. The Morgan fingerprint density at radius 1 is 1.56 bits per heavy atom. The van der Waals surface area contributed by atoms with Crippen LogP contribution in [0.25, 0.3) is 5.65 Å². The minimum Gasteiger partial charge on any atom is -0.478 e. The van der Waals surface area contributed by atoms with Crippen LogP contribution < -0.4 is 5.32 Å². The first-order chi connectivity index (χ1) is 8.74. The first-order valence-electron chi connectivity index (χ1n) is 6.04. The fraction of sp³-hybridized carbons (Fsp3) is 0.417. The maximum Gasteiger partial charge on any atom is 0.335 e. The molecule has 3 heterocycles. The van der Waals surface area contributed by atoms with Crippen molar-refractivity contribution in [3.63, 3.8) is 0 Å². The summed E-state index contributed by atoms with van der Waals surface area (Å²) in [5.74, 6) is -0.0687. The van der Waals surface area contributed by atoms with E-state index in [9.17, 15) is 4.79 Å². The van der Waals surface area contributed by atoms with Gasteiger partial charge in [-0.05, 0) is 31.5 Å². The van der Waals surface area contributed by atoms with Crippen molar-refractivity contribution in [2.45, 2.75) is 25.3 Å². The summed E-state index contributed by atoms with van der Waals surface area (Å²) < 4.78 is 1.85. The van der Waals surface area contributed by atoms with E-state index in [2.05, 4.69) is 15.5 Å². The van der Waals surface area contributed by atoms with Gasteiger partial charge in [0.1, 0.15) is 5.82 Å². The molecule has 18 heavy (non-hydrogen) atoms. The van der Waals surface area contributed by atoms with Gasteiger partial charge in [0.25, 0.3) is 0 Å². The highest BCUT2D eigenvalue weighted by molar-refractivity contribution is 5.88. The Kier molecular flexibility index (Phi) is 2.71. The normalized spacial score (nSPS) is 19.4. The molecule has 0 radical (unpaired) electrons. The van der Waals surface area contributed by atoms with Crippen molar-refractivity contribution in [1.29, 1.82) is 0 Å². The van der Waals surface area contributed by atoms with Crippen LogP contribution in [0.4, 0.5) is 0 Å². The standard InChI is InChI=1S/C12H14N4O2/c17-12(18)8-3-5-16-10(6-8)14-15-11(16)7-9-2-1-4-13-9/h3,5-6,9,13H,1-2,4,7H2,(H,17,18). The van der Waals surface area contributed by atoms with Crippen LogP contribution >= 0.6 is 0 Å². The summed E-state index contributed by atoms with van der Waals surface area (Å²) >= 11 is 0. The van der Waals surface area contributed by atoms with Gasteiger partial charge in [0.15, 0.2) is 5.65 Å². The lowest BCUT2D eigenvalue weighted by atomic mass is 10.1. The number of carboxylic acids is 1. The van der Waals surface area contributed by atoms with Crippen LogP contribution in [0.5, 0.6) is 0 Å². The fourth-order valence-electron chi connectivity index (χ4n) is 2.36. The molecule has 0 aliphatic carbocycles. The van der Waals surface area contributed by atoms with Crippen LogP contribution in [0.3, 0.4) is 0 Å². The molecule has 6 nitrogen and oxygen atoms in total. The second-order valence-electron chi connectivity index (χ2n) is 4.56. The number of aromatic nitrogens is 3. The first kappa shape index (κ1) is 11.2. The summed E-state index contributed by atoms with van der Waals surface area (Å²) in [4.78, 5) is 10.9. The van der Waals surface area contributed by atoms with E-state index in [1.54, 1.807) is 18.3 Å². The SMILES string of the molecule is O=C(O)c1ccn2c(CC3CCCN3)nnc2c1. The molecule has 3 rings (SSSR count). The third-order valence-corrected chi connectivity index (χ3v) is 3.32. The smallest absolute Gasteiger partial charge is 0.335 e. The lowest BCUT2D eigenvalue weighted by Crippen LogP contribution is -2.24. The largest absolute Gasteiger partial charge is 0.478 e. The molecule has 94 valence electrons. The van der Waals surface area contributed by atoms with E-state index in [1.807, 2.05) is 4.40 Å². The fourth-order valence-corrected chi connectivity index (χ4v) is 2.36. The van der Waals surface area contributed by atoms with Crippen LogP contribution in [0.15, 0.2) is 18.3 Å². The number of nitrogens with one attached hydrogen (secondary N) is 1. The van der Waals surface area contributed by atoms with Crippen molar-refractivity contribution in [3.05, 3.63) is 29.7 Å². The van der Waals surface area contributed by atoms with Gasteiger partial charge in [-0.1, -0.05) is 0 Å². The van der Waals surface area contributed by atoms with Gasteiger partial charge in [-0.2, -0.15) is 0 Å². The summed E-state index contributed by atoms with van der Waals surface area (Å²) in [6.07, 6.45) is 4.91. The van der Waals surface area contributed by atoms with Crippen molar-refractivity contribution in [2.24, 2.45) is 0 Å². The molecule has 1 saturated heterocycles. The molecule has 1 aliphatic heterocycles. The number of carboxylic acid groups (broad SMARTS) is 1. The van der Waals surface area contributed by atoms with Crippen molar-refractivity contribution in [1.82, 2.24) is 19.9 Å². The lowest BCUT2D eigenvalue weighted by molar-refractivity contribution is 0.0697. The van der Waals surface area contributed by atoms with Crippen molar-refractivity contribution < 1.29 is 9.90 Å². The summed E-state index contributed by atoms with van der Waals surface area (Å²) in [5.41, 5.74) is 0.823. The Hall–Kier alpha value is -1.95. The van der Waals surface area contributed by atoms with Gasteiger partial charge in [-0.15, -0.1) is 10.2 Å². The van der Waals surface area contributed by atoms with Crippen LogP contribution in [0.1, 0.15) is 29.0 Å². The molecule has 2 aromatic heterocycles. The van der Waals surface area contributed by atoms with Crippen molar-refractivity contribution in [3.8, 4) is 0 Å². The number of carbonyl (C=O) groups is 1. The summed E-state index contributed by atoms with van der Waals surface area (Å²) in [6, 6.07) is 3.57. The third-order valence-electron chi connectivity index (χ3n) is 3.32.